The first-order valence-corrected chi connectivity index (χ1v) is 11.4. The van der Waals surface area contributed by atoms with Crippen molar-refractivity contribution >= 4 is 29.0 Å². The summed E-state index contributed by atoms with van der Waals surface area (Å²) in [6.45, 7) is 5.38. The molecule has 1 aromatic heterocycles. The van der Waals surface area contributed by atoms with E-state index in [1.165, 1.54) is 23.9 Å². The zero-order valence-corrected chi connectivity index (χ0v) is 18.6. The summed E-state index contributed by atoms with van der Waals surface area (Å²) in [4.78, 5) is 27.2. The molecule has 0 unspecified atom stereocenters. The lowest BCUT2D eigenvalue weighted by Crippen LogP contribution is -2.49. The van der Waals surface area contributed by atoms with Gasteiger partial charge >= 0.3 is 0 Å². The van der Waals surface area contributed by atoms with E-state index in [1.807, 2.05) is 46.7 Å². The zero-order valence-electron chi connectivity index (χ0n) is 17.8. The number of piperazine rings is 1. The number of hydrogen-bond acceptors (Lipinski definition) is 7. The average molecular weight is 453 g/mol. The number of non-ortho nitro benzene ring substituents is 1. The number of carbonyl (C=O) groups is 1. The molecular weight excluding hydrogens is 428 g/mol. The number of carbonyl (C=O) groups excluding carboxylic acids is 1. The third-order valence-corrected chi connectivity index (χ3v) is 6.40. The van der Waals surface area contributed by atoms with E-state index in [1.54, 1.807) is 12.1 Å². The maximum absolute atomic E-state index is 12.8. The Morgan fingerprint density at radius 1 is 1.03 bits per heavy atom. The molecule has 0 atom stereocenters. The fourth-order valence-corrected chi connectivity index (χ4v) is 4.60. The van der Waals surface area contributed by atoms with Gasteiger partial charge in [0.2, 0.25) is 5.91 Å². The lowest BCUT2D eigenvalue weighted by atomic mass is 10.2. The van der Waals surface area contributed by atoms with Crippen LogP contribution in [0.2, 0.25) is 0 Å². The molecule has 10 heteroatoms. The molecule has 0 N–H and O–H groups in total. The summed E-state index contributed by atoms with van der Waals surface area (Å²) in [5.74, 6) is 1.19. The van der Waals surface area contributed by atoms with Crippen molar-refractivity contribution in [2.75, 3.05) is 36.8 Å². The van der Waals surface area contributed by atoms with Gasteiger partial charge in [0.05, 0.1) is 10.7 Å². The molecule has 1 aliphatic heterocycles. The first kappa shape index (κ1) is 21.8. The van der Waals surface area contributed by atoms with E-state index < -0.39 is 4.92 Å². The normalized spacial score (nSPS) is 13.9. The summed E-state index contributed by atoms with van der Waals surface area (Å²) in [6.07, 6.45) is 0. The van der Waals surface area contributed by atoms with Crippen LogP contribution in [0.4, 0.5) is 11.4 Å². The molecule has 1 fully saturated rings. The van der Waals surface area contributed by atoms with Crippen LogP contribution in [0.1, 0.15) is 6.92 Å². The highest BCUT2D eigenvalue weighted by Crippen LogP contribution is 2.25. The molecule has 1 amide bonds. The molecule has 32 heavy (non-hydrogen) atoms. The SMILES string of the molecule is CCn1c(SCC(=O)N2CCN(c3ccc([N+](=O)[O-])cc3)CC2)nnc1-c1ccccc1. The van der Waals surface area contributed by atoms with Crippen molar-refractivity contribution in [3.05, 3.63) is 64.7 Å². The van der Waals surface area contributed by atoms with Crippen LogP contribution < -0.4 is 4.90 Å². The Labute approximate surface area is 190 Å². The van der Waals surface area contributed by atoms with E-state index in [0.29, 0.717) is 31.9 Å². The van der Waals surface area contributed by atoms with Crippen molar-refractivity contribution in [1.82, 2.24) is 19.7 Å². The van der Waals surface area contributed by atoms with Gasteiger partial charge in [0.1, 0.15) is 0 Å². The number of benzene rings is 2. The first-order chi connectivity index (χ1) is 15.6. The van der Waals surface area contributed by atoms with E-state index in [0.717, 1.165) is 28.8 Å². The second-order valence-corrected chi connectivity index (χ2v) is 8.29. The number of thioether (sulfide) groups is 1. The van der Waals surface area contributed by atoms with E-state index in [9.17, 15) is 14.9 Å². The Bertz CT molecular complexity index is 1080. The van der Waals surface area contributed by atoms with Gasteiger partial charge in [-0.15, -0.1) is 10.2 Å². The quantitative estimate of drug-likeness (QED) is 0.308. The van der Waals surface area contributed by atoms with Gasteiger partial charge in [-0.25, -0.2) is 0 Å². The summed E-state index contributed by atoms with van der Waals surface area (Å²) < 4.78 is 2.03. The van der Waals surface area contributed by atoms with Gasteiger partial charge in [0.15, 0.2) is 11.0 Å². The summed E-state index contributed by atoms with van der Waals surface area (Å²) in [6, 6.07) is 16.4. The molecule has 0 bridgehead atoms. The Hall–Kier alpha value is -3.40. The third kappa shape index (κ3) is 4.75. The van der Waals surface area contributed by atoms with Crippen molar-refractivity contribution < 1.29 is 9.72 Å². The predicted molar refractivity (Wildman–Crippen MR) is 124 cm³/mol. The Morgan fingerprint density at radius 2 is 1.72 bits per heavy atom. The maximum Gasteiger partial charge on any atom is 0.269 e. The lowest BCUT2D eigenvalue weighted by molar-refractivity contribution is -0.384. The van der Waals surface area contributed by atoms with Gasteiger partial charge in [-0.2, -0.15) is 0 Å². The fourth-order valence-electron chi connectivity index (χ4n) is 3.70. The van der Waals surface area contributed by atoms with Gasteiger partial charge in [-0.1, -0.05) is 42.1 Å². The van der Waals surface area contributed by atoms with E-state index in [4.69, 9.17) is 0 Å². The second-order valence-electron chi connectivity index (χ2n) is 7.35. The van der Waals surface area contributed by atoms with Crippen molar-refractivity contribution in [3.63, 3.8) is 0 Å². The number of nitro groups is 1. The van der Waals surface area contributed by atoms with Crippen molar-refractivity contribution in [2.45, 2.75) is 18.6 Å². The third-order valence-electron chi connectivity index (χ3n) is 5.45. The number of aromatic nitrogens is 3. The Morgan fingerprint density at radius 3 is 2.34 bits per heavy atom. The monoisotopic (exact) mass is 452 g/mol. The minimum atomic E-state index is -0.403. The molecule has 166 valence electrons. The van der Waals surface area contributed by atoms with Crippen molar-refractivity contribution in [1.29, 1.82) is 0 Å². The summed E-state index contributed by atoms with van der Waals surface area (Å²) in [5, 5.41) is 20.2. The van der Waals surface area contributed by atoms with Gasteiger partial charge in [-0.3, -0.25) is 14.9 Å². The molecule has 1 aliphatic rings. The van der Waals surface area contributed by atoms with E-state index >= 15 is 0 Å². The average Bonchev–Trinajstić information content (AvgIpc) is 3.26. The lowest BCUT2D eigenvalue weighted by Gasteiger charge is -2.36. The summed E-state index contributed by atoms with van der Waals surface area (Å²) in [7, 11) is 0. The highest BCUT2D eigenvalue weighted by molar-refractivity contribution is 7.99. The largest absolute Gasteiger partial charge is 0.368 e. The van der Waals surface area contributed by atoms with Gasteiger partial charge in [0.25, 0.3) is 5.69 Å². The van der Waals surface area contributed by atoms with Crippen LogP contribution in [0.25, 0.3) is 11.4 Å². The highest BCUT2D eigenvalue weighted by atomic mass is 32.2. The molecular formula is C22H24N6O3S. The number of nitro benzene ring substituents is 1. The molecule has 9 nitrogen and oxygen atoms in total. The predicted octanol–water partition coefficient (Wildman–Crippen LogP) is 3.31. The Balaban J connectivity index is 1.32. The molecule has 3 aromatic rings. The number of anilines is 1. The molecule has 0 radical (unpaired) electrons. The number of amides is 1. The first-order valence-electron chi connectivity index (χ1n) is 10.5. The van der Waals surface area contributed by atoms with E-state index in [-0.39, 0.29) is 11.6 Å². The van der Waals surface area contributed by atoms with Gasteiger partial charge in [0, 0.05) is 56.1 Å². The fraction of sp³-hybridized carbons (Fsp3) is 0.318. The molecule has 0 saturated carbocycles. The van der Waals surface area contributed by atoms with Crippen LogP contribution in [-0.4, -0.2) is 62.4 Å². The molecule has 4 rings (SSSR count). The molecule has 1 saturated heterocycles. The van der Waals surface area contributed by atoms with Crippen LogP contribution >= 0.6 is 11.8 Å². The smallest absolute Gasteiger partial charge is 0.269 e. The van der Waals surface area contributed by atoms with Gasteiger partial charge in [-0.05, 0) is 19.1 Å². The zero-order chi connectivity index (χ0) is 22.5. The molecule has 0 spiro atoms. The number of hydrogen-bond donors (Lipinski definition) is 0. The van der Waals surface area contributed by atoms with Crippen LogP contribution in [0.5, 0.6) is 0 Å². The van der Waals surface area contributed by atoms with Crippen LogP contribution in [-0.2, 0) is 11.3 Å². The van der Waals surface area contributed by atoms with Crippen molar-refractivity contribution in [3.8, 4) is 11.4 Å². The summed E-state index contributed by atoms with van der Waals surface area (Å²) in [5.41, 5.74) is 2.01. The van der Waals surface area contributed by atoms with Crippen molar-refractivity contribution in [2.24, 2.45) is 0 Å². The minimum Gasteiger partial charge on any atom is -0.368 e. The molecule has 2 aromatic carbocycles. The van der Waals surface area contributed by atoms with Crippen LogP contribution in [0.3, 0.4) is 0 Å². The maximum atomic E-state index is 12.8. The van der Waals surface area contributed by atoms with Crippen LogP contribution in [0.15, 0.2) is 59.8 Å². The number of nitrogens with zero attached hydrogens (tertiary/aromatic N) is 6. The second kappa shape index (κ2) is 9.82. The molecule has 0 aliphatic carbocycles. The molecule has 2 heterocycles. The number of rotatable bonds is 7. The standard InChI is InChI=1S/C22H24N6O3S/c1-2-27-21(17-6-4-3-5-7-17)23-24-22(27)32-16-20(29)26-14-12-25(13-15-26)18-8-10-19(11-9-18)28(30)31/h3-11H,2,12-16H2,1H3. The van der Waals surface area contributed by atoms with Crippen LogP contribution in [0, 0.1) is 10.1 Å². The Kier molecular flexibility index (Phi) is 6.69. The summed E-state index contributed by atoms with van der Waals surface area (Å²) >= 11 is 1.41. The highest BCUT2D eigenvalue weighted by Gasteiger charge is 2.23. The van der Waals surface area contributed by atoms with E-state index in [2.05, 4.69) is 15.1 Å². The van der Waals surface area contributed by atoms with Gasteiger partial charge < -0.3 is 14.4 Å². The minimum absolute atomic E-state index is 0.0743. The topological polar surface area (TPSA) is 97.4 Å².